The van der Waals surface area contributed by atoms with Gasteiger partial charge in [0.1, 0.15) is 0 Å². The molecule has 0 saturated heterocycles. The highest BCUT2D eigenvalue weighted by Crippen LogP contribution is 2.52. The summed E-state index contributed by atoms with van der Waals surface area (Å²) in [6, 6.07) is 0. The fourth-order valence-electron chi connectivity index (χ4n) is 3.46. The van der Waals surface area contributed by atoms with Gasteiger partial charge in [-0.15, -0.1) is 7.26 Å². The maximum Gasteiger partial charge on any atom is -0.0364 e. The van der Waals surface area contributed by atoms with Crippen molar-refractivity contribution in [1.82, 2.24) is 0 Å². The van der Waals surface area contributed by atoms with Crippen LogP contribution in [0.4, 0.5) is 0 Å². The topological polar surface area (TPSA) is 0 Å². The van der Waals surface area contributed by atoms with Gasteiger partial charge in [-0.05, 0) is 38.5 Å². The molecule has 0 aliphatic rings. The number of rotatable bonds is 18. The average Bonchev–Trinajstić information content (AvgIpc) is 2.52. The van der Waals surface area contributed by atoms with E-state index in [2.05, 4.69) is 27.2 Å². The first-order valence-electron chi connectivity index (χ1n) is 10.9. The van der Waals surface area contributed by atoms with Crippen molar-refractivity contribution in [2.24, 2.45) is 0 Å². The van der Waals surface area contributed by atoms with Gasteiger partial charge in [0, 0.05) is 0 Å². The Hall–Kier alpha value is 0.430. The molecule has 0 atom stereocenters. The minimum absolute atomic E-state index is 0.575. The molecule has 0 aliphatic carbocycles. The number of unbranched alkanes of at least 4 members (excludes halogenated alkanes) is 14. The smallest absolute Gasteiger partial charge is 0.0364 e. The first-order chi connectivity index (χ1) is 11.1. The minimum atomic E-state index is -0.575. The molecule has 23 heavy (non-hydrogen) atoms. The third kappa shape index (κ3) is 18.6. The van der Waals surface area contributed by atoms with E-state index < -0.39 is 7.26 Å². The molecular formula is C22H48P. The van der Waals surface area contributed by atoms with Crippen molar-refractivity contribution in [3.8, 4) is 0 Å². The van der Waals surface area contributed by atoms with E-state index in [1.807, 2.05) is 0 Å². The molecule has 141 valence electrons. The molecule has 0 aromatic carbocycles. The average molecular weight is 344 g/mol. The summed E-state index contributed by atoms with van der Waals surface area (Å²) < 4.78 is 0. The SMILES string of the molecule is CCCCCCCCCC[P](C)(C)CCCCCCCCCC. The molecule has 0 aromatic rings. The monoisotopic (exact) mass is 343 g/mol. The fourth-order valence-corrected chi connectivity index (χ4v) is 5.84. The van der Waals surface area contributed by atoms with Crippen molar-refractivity contribution >= 4 is 7.26 Å². The zero-order valence-corrected chi connectivity index (χ0v) is 18.1. The van der Waals surface area contributed by atoms with Crippen LogP contribution in [0.2, 0.25) is 0 Å². The predicted molar refractivity (Wildman–Crippen MR) is 114 cm³/mol. The lowest BCUT2D eigenvalue weighted by Gasteiger charge is -2.27. The quantitative estimate of drug-likeness (QED) is 0.173. The molecule has 0 aromatic heterocycles. The van der Waals surface area contributed by atoms with Crippen LogP contribution < -0.4 is 0 Å². The molecular weight excluding hydrogens is 295 g/mol. The number of hydrogen-bond donors (Lipinski definition) is 0. The summed E-state index contributed by atoms with van der Waals surface area (Å²) in [5.74, 6) is 0. The summed E-state index contributed by atoms with van der Waals surface area (Å²) in [5, 5.41) is 0. The Bertz CT molecular complexity index is 200. The van der Waals surface area contributed by atoms with Gasteiger partial charge in [0.25, 0.3) is 0 Å². The van der Waals surface area contributed by atoms with E-state index in [1.165, 1.54) is 103 Å². The molecule has 0 spiro atoms. The molecule has 0 unspecified atom stereocenters. The lowest BCUT2D eigenvalue weighted by atomic mass is 10.1. The van der Waals surface area contributed by atoms with Gasteiger partial charge < -0.3 is 0 Å². The van der Waals surface area contributed by atoms with Gasteiger partial charge in [-0.1, -0.05) is 104 Å². The van der Waals surface area contributed by atoms with E-state index in [9.17, 15) is 0 Å². The van der Waals surface area contributed by atoms with Crippen LogP contribution in [0.25, 0.3) is 0 Å². The maximum absolute atomic E-state index is 2.61. The fraction of sp³-hybridized carbons (Fsp3) is 1.00. The molecule has 0 aliphatic heterocycles. The third-order valence-electron chi connectivity index (χ3n) is 5.23. The normalized spacial score (nSPS) is 12.0. The third-order valence-corrected chi connectivity index (χ3v) is 8.29. The highest BCUT2D eigenvalue weighted by Gasteiger charge is 2.13. The van der Waals surface area contributed by atoms with Crippen molar-refractivity contribution < 1.29 is 0 Å². The van der Waals surface area contributed by atoms with Gasteiger partial charge in [-0.2, -0.15) is 0 Å². The predicted octanol–water partition coefficient (Wildman–Crippen LogP) is 8.55. The molecule has 0 fully saturated rings. The van der Waals surface area contributed by atoms with Crippen molar-refractivity contribution in [2.75, 3.05) is 25.7 Å². The van der Waals surface area contributed by atoms with Crippen molar-refractivity contribution in [3.05, 3.63) is 0 Å². The molecule has 0 rings (SSSR count). The Morgan fingerprint density at radius 3 is 0.957 bits per heavy atom. The Labute approximate surface area is 149 Å². The first-order valence-corrected chi connectivity index (χ1v) is 14.0. The Morgan fingerprint density at radius 1 is 0.391 bits per heavy atom. The summed E-state index contributed by atoms with van der Waals surface area (Å²) in [5.41, 5.74) is 0. The first kappa shape index (κ1) is 23.4. The summed E-state index contributed by atoms with van der Waals surface area (Å²) in [6.45, 7) is 9.82. The summed E-state index contributed by atoms with van der Waals surface area (Å²) in [6.07, 6.45) is 26.6. The minimum Gasteiger partial charge on any atom is -0.131 e. The van der Waals surface area contributed by atoms with Gasteiger partial charge in [-0.25, -0.2) is 0 Å². The van der Waals surface area contributed by atoms with E-state index in [0.29, 0.717) is 0 Å². The van der Waals surface area contributed by atoms with Crippen LogP contribution in [0.5, 0.6) is 0 Å². The second kappa shape index (κ2) is 17.3. The second-order valence-corrected chi connectivity index (χ2v) is 13.1. The number of hydrogen-bond acceptors (Lipinski definition) is 0. The maximum atomic E-state index is 2.61. The van der Waals surface area contributed by atoms with Gasteiger partial charge in [0.05, 0.1) is 0 Å². The lowest BCUT2D eigenvalue weighted by Crippen LogP contribution is -2.01. The van der Waals surface area contributed by atoms with Gasteiger partial charge >= 0.3 is 0 Å². The van der Waals surface area contributed by atoms with E-state index >= 15 is 0 Å². The second-order valence-electron chi connectivity index (χ2n) is 8.33. The van der Waals surface area contributed by atoms with Crippen LogP contribution in [0.15, 0.2) is 0 Å². The van der Waals surface area contributed by atoms with Gasteiger partial charge in [0.15, 0.2) is 0 Å². The van der Waals surface area contributed by atoms with Crippen molar-refractivity contribution in [3.63, 3.8) is 0 Å². The van der Waals surface area contributed by atoms with Crippen molar-refractivity contribution in [1.29, 1.82) is 0 Å². The molecule has 0 heterocycles. The summed E-state index contributed by atoms with van der Waals surface area (Å²) in [4.78, 5) is 0. The molecule has 0 saturated carbocycles. The van der Waals surface area contributed by atoms with Crippen LogP contribution in [0.1, 0.15) is 117 Å². The highest BCUT2D eigenvalue weighted by atomic mass is 31.2. The van der Waals surface area contributed by atoms with Crippen LogP contribution in [0.3, 0.4) is 0 Å². The van der Waals surface area contributed by atoms with Crippen molar-refractivity contribution in [2.45, 2.75) is 117 Å². The van der Waals surface area contributed by atoms with E-state index in [0.717, 1.165) is 0 Å². The Kier molecular flexibility index (Phi) is 17.6. The lowest BCUT2D eigenvalue weighted by molar-refractivity contribution is 0.583. The summed E-state index contributed by atoms with van der Waals surface area (Å²) in [7, 11) is -0.575. The van der Waals surface area contributed by atoms with Crippen LogP contribution in [-0.4, -0.2) is 25.7 Å². The van der Waals surface area contributed by atoms with Gasteiger partial charge in [0.2, 0.25) is 0 Å². The Morgan fingerprint density at radius 2 is 0.652 bits per heavy atom. The van der Waals surface area contributed by atoms with Crippen LogP contribution in [-0.2, 0) is 0 Å². The standard InChI is InChI=1S/C22H48P/c1-5-7-9-11-13-15-17-19-21-23(3,4)22-20-18-16-14-12-10-8-6-2/h5-22H2,1-4H3. The summed E-state index contributed by atoms with van der Waals surface area (Å²) >= 11 is 0. The zero-order chi connectivity index (χ0) is 17.2. The Balaban J connectivity index is 3.33. The molecule has 0 amide bonds. The molecule has 1 radical (unpaired) electrons. The zero-order valence-electron chi connectivity index (χ0n) is 17.2. The largest absolute Gasteiger partial charge is 0.131 e. The van der Waals surface area contributed by atoms with E-state index in [-0.39, 0.29) is 0 Å². The molecule has 0 N–H and O–H groups in total. The van der Waals surface area contributed by atoms with Crippen LogP contribution in [0, 0.1) is 0 Å². The molecule has 0 bridgehead atoms. The van der Waals surface area contributed by atoms with Gasteiger partial charge in [-0.3, -0.25) is 0 Å². The molecule has 1 heteroatoms. The van der Waals surface area contributed by atoms with Crippen LogP contribution >= 0.6 is 7.26 Å². The molecule has 0 nitrogen and oxygen atoms in total. The van der Waals surface area contributed by atoms with E-state index in [4.69, 9.17) is 0 Å². The highest BCUT2D eigenvalue weighted by molar-refractivity contribution is 7.74. The van der Waals surface area contributed by atoms with E-state index in [1.54, 1.807) is 12.3 Å².